The van der Waals surface area contributed by atoms with Gasteiger partial charge in [0.15, 0.2) is 5.17 Å². The summed E-state index contributed by atoms with van der Waals surface area (Å²) in [5, 5.41) is 16.1. The number of carbonyl (C=O) groups excluding carboxylic acids is 1. The van der Waals surface area contributed by atoms with E-state index in [9.17, 15) is 9.90 Å². The summed E-state index contributed by atoms with van der Waals surface area (Å²) in [6.07, 6.45) is 4.09. The minimum absolute atomic E-state index is 0.135. The fourth-order valence-electron chi connectivity index (χ4n) is 3.22. The maximum absolute atomic E-state index is 12.3. The summed E-state index contributed by atoms with van der Waals surface area (Å²) in [7, 11) is 2.15. The summed E-state index contributed by atoms with van der Waals surface area (Å²) in [4.78, 5) is 24.3. The molecular weight excluding hydrogens is 392 g/mol. The van der Waals surface area contributed by atoms with Gasteiger partial charge in [-0.2, -0.15) is 0 Å². The van der Waals surface area contributed by atoms with Crippen molar-refractivity contribution in [3.05, 3.63) is 40.2 Å². The van der Waals surface area contributed by atoms with Crippen molar-refractivity contribution >= 4 is 40.2 Å². The summed E-state index contributed by atoms with van der Waals surface area (Å²) in [5.41, 5.74) is 1.40. The van der Waals surface area contributed by atoms with E-state index in [0.29, 0.717) is 27.2 Å². The van der Waals surface area contributed by atoms with Gasteiger partial charge in [0.25, 0.3) is 5.91 Å². The van der Waals surface area contributed by atoms with Crippen LogP contribution in [0.25, 0.3) is 16.6 Å². The molecule has 28 heavy (non-hydrogen) atoms. The number of hydrogen-bond donors (Lipinski definition) is 2. The summed E-state index contributed by atoms with van der Waals surface area (Å²) in [5.74, 6) is 0.658. The van der Waals surface area contributed by atoms with Gasteiger partial charge in [-0.25, -0.2) is 4.98 Å². The smallest absolute Gasteiger partial charge is 0.264 e. The molecule has 2 N–H and O–H groups in total. The fourth-order valence-corrected chi connectivity index (χ4v) is 4.85. The zero-order valence-corrected chi connectivity index (χ0v) is 17.2. The van der Waals surface area contributed by atoms with E-state index < -0.39 is 0 Å². The predicted molar refractivity (Wildman–Crippen MR) is 115 cm³/mol. The zero-order valence-electron chi connectivity index (χ0n) is 15.6. The summed E-state index contributed by atoms with van der Waals surface area (Å²) >= 11 is 2.81. The first-order valence-corrected chi connectivity index (χ1v) is 11.0. The number of phenols is 1. The lowest BCUT2D eigenvalue weighted by molar-refractivity contribution is -0.115. The van der Waals surface area contributed by atoms with Crippen molar-refractivity contribution in [3.63, 3.8) is 0 Å². The SMILES string of the molecule is CN1CCC(CN=C2NC(=O)C(=Cc3csc(-c4ccccc4O)n3)S2)CC1. The summed E-state index contributed by atoms with van der Waals surface area (Å²) < 4.78 is 0. The lowest BCUT2D eigenvalue weighted by atomic mass is 9.97. The summed E-state index contributed by atoms with van der Waals surface area (Å²) in [6.45, 7) is 2.99. The number of nitrogens with one attached hydrogen (secondary N) is 1. The number of amides is 1. The zero-order chi connectivity index (χ0) is 19.5. The molecule has 4 rings (SSSR count). The number of para-hydroxylation sites is 1. The molecule has 6 nitrogen and oxygen atoms in total. The van der Waals surface area contributed by atoms with Crippen LogP contribution in [0.5, 0.6) is 5.75 Å². The van der Waals surface area contributed by atoms with Gasteiger partial charge in [-0.1, -0.05) is 12.1 Å². The van der Waals surface area contributed by atoms with Crippen LogP contribution in [0.1, 0.15) is 18.5 Å². The van der Waals surface area contributed by atoms with Crippen LogP contribution < -0.4 is 5.32 Å². The first-order chi connectivity index (χ1) is 13.6. The Morgan fingerprint density at radius 2 is 2.14 bits per heavy atom. The Kier molecular flexibility index (Phi) is 5.79. The topological polar surface area (TPSA) is 77.8 Å². The third kappa shape index (κ3) is 4.45. The highest BCUT2D eigenvalue weighted by atomic mass is 32.2. The van der Waals surface area contributed by atoms with Gasteiger partial charge in [0.05, 0.1) is 16.2 Å². The van der Waals surface area contributed by atoms with Gasteiger partial charge in [0.2, 0.25) is 0 Å². The number of aromatic hydroxyl groups is 1. The fraction of sp³-hybridized carbons (Fsp3) is 0.350. The average molecular weight is 415 g/mol. The molecule has 0 atom stereocenters. The second kappa shape index (κ2) is 8.46. The van der Waals surface area contributed by atoms with Crippen LogP contribution >= 0.6 is 23.1 Å². The third-order valence-corrected chi connectivity index (χ3v) is 6.76. The highest BCUT2D eigenvalue weighted by Crippen LogP contribution is 2.33. The van der Waals surface area contributed by atoms with Crippen molar-refractivity contribution in [1.82, 2.24) is 15.2 Å². The maximum Gasteiger partial charge on any atom is 0.264 e. The molecule has 1 aromatic heterocycles. The number of piperidine rings is 1. The molecule has 8 heteroatoms. The number of benzene rings is 1. The van der Waals surface area contributed by atoms with Gasteiger partial charge in [-0.3, -0.25) is 9.79 Å². The second-order valence-electron chi connectivity index (χ2n) is 7.05. The van der Waals surface area contributed by atoms with E-state index in [1.54, 1.807) is 18.2 Å². The number of amidine groups is 1. The van der Waals surface area contributed by atoms with Crippen LogP contribution in [-0.2, 0) is 4.79 Å². The van der Waals surface area contributed by atoms with Gasteiger partial charge < -0.3 is 15.3 Å². The number of thioether (sulfide) groups is 1. The number of aromatic nitrogens is 1. The van der Waals surface area contributed by atoms with Crippen LogP contribution in [-0.4, -0.2) is 52.7 Å². The highest BCUT2D eigenvalue weighted by Gasteiger charge is 2.25. The van der Waals surface area contributed by atoms with Gasteiger partial charge >= 0.3 is 0 Å². The maximum atomic E-state index is 12.3. The number of aliphatic imine (C=N–C) groups is 1. The molecule has 0 saturated carbocycles. The van der Waals surface area contributed by atoms with Crippen molar-refractivity contribution in [3.8, 4) is 16.3 Å². The molecule has 0 unspecified atom stereocenters. The molecule has 2 aliphatic heterocycles. The molecule has 3 heterocycles. The summed E-state index contributed by atoms with van der Waals surface area (Å²) in [6, 6.07) is 7.11. The molecule has 0 radical (unpaired) electrons. The molecule has 2 aromatic rings. The Morgan fingerprint density at radius 1 is 1.36 bits per heavy atom. The van der Waals surface area contributed by atoms with Crippen LogP contribution in [0.4, 0.5) is 0 Å². The Bertz CT molecular complexity index is 930. The number of rotatable bonds is 4. The van der Waals surface area contributed by atoms with Crippen molar-refractivity contribution in [2.75, 3.05) is 26.7 Å². The first-order valence-electron chi connectivity index (χ1n) is 9.26. The normalized spacial score (nSPS) is 21.5. The second-order valence-corrected chi connectivity index (χ2v) is 8.94. The van der Waals surface area contributed by atoms with Gasteiger partial charge in [0.1, 0.15) is 10.8 Å². The van der Waals surface area contributed by atoms with Crippen molar-refractivity contribution in [2.24, 2.45) is 10.9 Å². The van der Waals surface area contributed by atoms with E-state index in [4.69, 9.17) is 0 Å². The Hall–Kier alpha value is -2.16. The van der Waals surface area contributed by atoms with Gasteiger partial charge in [0, 0.05) is 11.9 Å². The molecule has 0 aliphatic carbocycles. The Labute approximate surface area is 172 Å². The van der Waals surface area contributed by atoms with Crippen molar-refractivity contribution < 1.29 is 9.90 Å². The third-order valence-electron chi connectivity index (χ3n) is 4.92. The van der Waals surface area contributed by atoms with E-state index in [0.717, 1.165) is 37.5 Å². The minimum Gasteiger partial charge on any atom is -0.507 e. The van der Waals surface area contributed by atoms with Gasteiger partial charge in [-0.05, 0) is 68.9 Å². The number of hydrogen-bond acceptors (Lipinski definition) is 7. The van der Waals surface area contributed by atoms with Gasteiger partial charge in [-0.15, -0.1) is 11.3 Å². The van der Waals surface area contributed by atoms with Crippen LogP contribution in [0.2, 0.25) is 0 Å². The Morgan fingerprint density at radius 3 is 2.93 bits per heavy atom. The molecule has 2 aliphatic rings. The van der Waals surface area contributed by atoms with E-state index in [-0.39, 0.29) is 11.7 Å². The molecule has 0 spiro atoms. The monoisotopic (exact) mass is 414 g/mol. The Balaban J connectivity index is 1.42. The van der Waals surface area contributed by atoms with Crippen molar-refractivity contribution in [2.45, 2.75) is 12.8 Å². The lowest BCUT2D eigenvalue weighted by Gasteiger charge is -2.27. The molecule has 0 bridgehead atoms. The van der Waals surface area contributed by atoms with Crippen molar-refractivity contribution in [1.29, 1.82) is 0 Å². The number of thiazole rings is 1. The van der Waals surface area contributed by atoms with E-state index in [1.165, 1.54) is 23.1 Å². The molecule has 2 fully saturated rings. The molecule has 146 valence electrons. The molecule has 1 amide bonds. The van der Waals surface area contributed by atoms with Crippen LogP contribution in [0.3, 0.4) is 0 Å². The quantitative estimate of drug-likeness (QED) is 0.750. The molecule has 1 aromatic carbocycles. The molecular formula is C20H22N4O2S2. The number of likely N-dealkylation sites (tertiary alicyclic amines) is 1. The number of nitrogens with zero attached hydrogens (tertiary/aromatic N) is 3. The van der Waals surface area contributed by atoms with E-state index in [2.05, 4.69) is 27.2 Å². The lowest BCUT2D eigenvalue weighted by Crippen LogP contribution is -2.31. The predicted octanol–water partition coefficient (Wildman–Crippen LogP) is 3.42. The first kappa shape index (κ1) is 19.2. The minimum atomic E-state index is -0.135. The molecule has 2 saturated heterocycles. The number of phenolic OH excluding ortho intramolecular Hbond substituents is 1. The largest absolute Gasteiger partial charge is 0.507 e. The van der Waals surface area contributed by atoms with E-state index in [1.807, 2.05) is 17.5 Å². The van der Waals surface area contributed by atoms with Crippen LogP contribution in [0, 0.1) is 5.92 Å². The average Bonchev–Trinajstić information content (AvgIpc) is 3.29. The highest BCUT2D eigenvalue weighted by molar-refractivity contribution is 8.18. The van der Waals surface area contributed by atoms with Crippen LogP contribution in [0.15, 0.2) is 39.5 Å². The standard InChI is InChI=1S/C20H22N4O2S2/c1-24-8-6-13(7-9-24)11-21-20-23-18(26)17(28-20)10-14-12-27-19(22-14)15-4-2-3-5-16(15)25/h2-5,10,12-13,25H,6-9,11H2,1H3,(H,21,23,26). The van der Waals surface area contributed by atoms with E-state index >= 15 is 0 Å². The number of carbonyl (C=O) groups is 1.